The first-order chi connectivity index (χ1) is 4.77. The minimum atomic E-state index is 0.109. The van der Waals surface area contributed by atoms with Gasteiger partial charge < -0.3 is 9.47 Å². The number of hydrogen-bond acceptors (Lipinski definition) is 3. The molecule has 0 saturated heterocycles. The Labute approximate surface area is 61.5 Å². The molecule has 3 heteroatoms. The topological polar surface area (TPSA) is 42.2 Å². The molecule has 0 heterocycles. The smallest absolute Gasteiger partial charge is 0.148 e. The molecule has 0 amide bonds. The highest BCUT2D eigenvalue weighted by molar-refractivity contribution is 4.65. The van der Waals surface area contributed by atoms with Gasteiger partial charge in [-0.05, 0) is 5.92 Å². The Morgan fingerprint density at radius 2 is 2.10 bits per heavy atom. The molecule has 10 heavy (non-hydrogen) atoms. The summed E-state index contributed by atoms with van der Waals surface area (Å²) in [5.41, 5.74) is 0. The summed E-state index contributed by atoms with van der Waals surface area (Å²) in [6.45, 7) is 5.14. The molecule has 0 rings (SSSR count). The first kappa shape index (κ1) is 9.41. The molecule has 0 aliphatic heterocycles. The van der Waals surface area contributed by atoms with Crippen LogP contribution in [0, 0.1) is 17.2 Å². The Morgan fingerprint density at radius 3 is 2.60 bits per heavy atom. The van der Waals surface area contributed by atoms with E-state index in [1.54, 1.807) is 0 Å². The summed E-state index contributed by atoms with van der Waals surface area (Å²) in [6.07, 6.45) is 0. The van der Waals surface area contributed by atoms with Crippen molar-refractivity contribution >= 4 is 0 Å². The largest absolute Gasteiger partial charge is 0.355 e. The second-order valence-corrected chi connectivity index (χ2v) is 2.39. The van der Waals surface area contributed by atoms with Crippen LogP contribution in [0.15, 0.2) is 0 Å². The Morgan fingerprint density at radius 1 is 1.40 bits per heavy atom. The van der Waals surface area contributed by atoms with Crippen molar-refractivity contribution in [3.63, 3.8) is 0 Å². The van der Waals surface area contributed by atoms with E-state index < -0.39 is 0 Å². The van der Waals surface area contributed by atoms with Gasteiger partial charge in [-0.2, -0.15) is 5.26 Å². The van der Waals surface area contributed by atoms with Crippen LogP contribution in [0.5, 0.6) is 0 Å². The van der Waals surface area contributed by atoms with Crippen LogP contribution in [-0.4, -0.2) is 20.0 Å². The Balaban J connectivity index is 2.86. The molecule has 0 spiro atoms. The molecule has 0 unspecified atom stereocenters. The van der Waals surface area contributed by atoms with E-state index in [-0.39, 0.29) is 13.4 Å². The van der Waals surface area contributed by atoms with Gasteiger partial charge in [-0.15, -0.1) is 0 Å². The fourth-order valence-electron chi connectivity index (χ4n) is 0.430. The number of nitriles is 1. The summed E-state index contributed by atoms with van der Waals surface area (Å²) in [5, 5.41) is 8.04. The zero-order valence-corrected chi connectivity index (χ0v) is 6.46. The molecule has 58 valence electrons. The zero-order valence-electron chi connectivity index (χ0n) is 6.46. The Kier molecular flexibility index (Phi) is 6.14. The van der Waals surface area contributed by atoms with Crippen LogP contribution < -0.4 is 0 Å². The van der Waals surface area contributed by atoms with Gasteiger partial charge in [-0.25, -0.2) is 0 Å². The molecule has 0 N–H and O–H groups in total. The Bertz CT molecular complexity index is 107. The molecule has 3 nitrogen and oxygen atoms in total. The molecule has 0 radical (unpaired) electrons. The lowest BCUT2D eigenvalue weighted by Crippen LogP contribution is -2.05. The molecule has 0 aromatic rings. The fraction of sp³-hybridized carbons (Fsp3) is 0.857. The number of hydrogen-bond donors (Lipinski definition) is 0. The third-order valence-electron chi connectivity index (χ3n) is 0.784. The molecule has 0 aliphatic carbocycles. The van der Waals surface area contributed by atoms with E-state index in [2.05, 4.69) is 13.8 Å². The lowest BCUT2D eigenvalue weighted by Gasteiger charge is -2.04. The molecule has 0 saturated carbocycles. The van der Waals surface area contributed by atoms with E-state index in [1.165, 1.54) is 0 Å². The monoisotopic (exact) mass is 143 g/mol. The quantitative estimate of drug-likeness (QED) is 0.428. The molecule has 0 bridgehead atoms. The van der Waals surface area contributed by atoms with E-state index in [0.29, 0.717) is 12.5 Å². The van der Waals surface area contributed by atoms with Crippen molar-refractivity contribution in [2.45, 2.75) is 13.8 Å². The highest BCUT2D eigenvalue weighted by Gasteiger charge is 1.91. The van der Waals surface area contributed by atoms with Crippen molar-refractivity contribution in [1.29, 1.82) is 5.26 Å². The fourth-order valence-corrected chi connectivity index (χ4v) is 0.430. The van der Waals surface area contributed by atoms with Gasteiger partial charge in [-0.1, -0.05) is 13.8 Å². The minimum Gasteiger partial charge on any atom is -0.355 e. The average molecular weight is 143 g/mol. The van der Waals surface area contributed by atoms with Gasteiger partial charge in [0.15, 0.2) is 0 Å². The van der Waals surface area contributed by atoms with Crippen molar-refractivity contribution in [2.75, 3.05) is 20.0 Å². The second-order valence-electron chi connectivity index (χ2n) is 2.39. The van der Waals surface area contributed by atoms with Crippen molar-refractivity contribution in [2.24, 2.45) is 5.92 Å². The maximum atomic E-state index is 8.04. The molecule has 0 aromatic carbocycles. The molecule has 0 aromatic heterocycles. The summed E-state index contributed by atoms with van der Waals surface area (Å²) in [7, 11) is 0. The van der Waals surface area contributed by atoms with E-state index in [1.807, 2.05) is 6.07 Å². The molecular formula is C7H13NO2. The van der Waals surface area contributed by atoms with Crippen LogP contribution in [0.1, 0.15) is 13.8 Å². The van der Waals surface area contributed by atoms with Gasteiger partial charge in [0.25, 0.3) is 0 Å². The lowest BCUT2D eigenvalue weighted by molar-refractivity contribution is -0.0509. The third kappa shape index (κ3) is 7.41. The summed E-state index contributed by atoms with van der Waals surface area (Å²) >= 11 is 0. The van der Waals surface area contributed by atoms with Gasteiger partial charge in [0.05, 0.1) is 12.7 Å². The standard InChI is InChI=1S/C7H13NO2/c1-7(2)5-10-6-9-4-3-8/h7H,4-6H2,1-2H3. The van der Waals surface area contributed by atoms with Gasteiger partial charge in [0.2, 0.25) is 0 Å². The summed E-state index contributed by atoms with van der Waals surface area (Å²) in [5.74, 6) is 0.519. The second kappa shape index (κ2) is 6.53. The van der Waals surface area contributed by atoms with Crippen LogP contribution >= 0.6 is 0 Å². The maximum absolute atomic E-state index is 8.04. The van der Waals surface area contributed by atoms with Gasteiger partial charge in [-0.3, -0.25) is 0 Å². The lowest BCUT2D eigenvalue weighted by atomic mass is 10.2. The summed E-state index contributed by atoms with van der Waals surface area (Å²) < 4.78 is 9.77. The van der Waals surface area contributed by atoms with Gasteiger partial charge >= 0.3 is 0 Å². The van der Waals surface area contributed by atoms with Crippen molar-refractivity contribution in [1.82, 2.24) is 0 Å². The van der Waals surface area contributed by atoms with E-state index in [4.69, 9.17) is 14.7 Å². The molecule has 0 aliphatic rings. The molecular weight excluding hydrogens is 130 g/mol. The molecule has 0 atom stereocenters. The predicted octanol–water partition coefficient (Wildman–Crippen LogP) is 1.16. The number of ether oxygens (including phenoxy) is 2. The first-order valence-corrected chi connectivity index (χ1v) is 3.29. The minimum absolute atomic E-state index is 0.109. The van der Waals surface area contributed by atoms with Crippen molar-refractivity contribution in [3.8, 4) is 6.07 Å². The van der Waals surface area contributed by atoms with Crippen molar-refractivity contribution in [3.05, 3.63) is 0 Å². The highest BCUT2D eigenvalue weighted by Crippen LogP contribution is 1.91. The van der Waals surface area contributed by atoms with Gasteiger partial charge in [0, 0.05) is 0 Å². The van der Waals surface area contributed by atoms with Crippen LogP contribution in [0.25, 0.3) is 0 Å². The van der Waals surface area contributed by atoms with E-state index in [0.717, 1.165) is 0 Å². The number of rotatable bonds is 5. The highest BCUT2D eigenvalue weighted by atomic mass is 16.7. The SMILES string of the molecule is CC(C)COCOCC#N. The maximum Gasteiger partial charge on any atom is 0.148 e. The summed E-state index contributed by atoms with van der Waals surface area (Å²) in [4.78, 5) is 0. The molecule has 0 fully saturated rings. The normalized spacial score (nSPS) is 9.80. The summed E-state index contributed by atoms with van der Waals surface area (Å²) in [6, 6.07) is 1.85. The zero-order chi connectivity index (χ0) is 7.82. The van der Waals surface area contributed by atoms with Crippen LogP contribution in [0.2, 0.25) is 0 Å². The number of nitrogens with zero attached hydrogens (tertiary/aromatic N) is 1. The van der Waals surface area contributed by atoms with Crippen LogP contribution in [-0.2, 0) is 9.47 Å². The average Bonchev–Trinajstić information content (AvgIpc) is 1.87. The van der Waals surface area contributed by atoms with Crippen LogP contribution in [0.3, 0.4) is 0 Å². The van der Waals surface area contributed by atoms with Crippen LogP contribution in [0.4, 0.5) is 0 Å². The van der Waals surface area contributed by atoms with E-state index >= 15 is 0 Å². The van der Waals surface area contributed by atoms with E-state index in [9.17, 15) is 0 Å². The first-order valence-electron chi connectivity index (χ1n) is 3.29. The predicted molar refractivity (Wildman–Crippen MR) is 37.2 cm³/mol. The van der Waals surface area contributed by atoms with Gasteiger partial charge in [0.1, 0.15) is 13.4 Å². The third-order valence-corrected chi connectivity index (χ3v) is 0.784. The van der Waals surface area contributed by atoms with Crippen molar-refractivity contribution < 1.29 is 9.47 Å². The Hall–Kier alpha value is -0.590.